The molecule has 2 aliphatic rings. The monoisotopic (exact) mass is 455 g/mol. The van der Waals surface area contributed by atoms with Crippen LogP contribution in [0.1, 0.15) is 64.4 Å². The molecule has 0 bridgehead atoms. The molecule has 1 saturated heterocycles. The molecule has 2 aromatic rings. The lowest BCUT2D eigenvalue weighted by molar-refractivity contribution is 0.0847. The largest absolute Gasteiger partial charge is 0.497 e. The van der Waals surface area contributed by atoms with Crippen molar-refractivity contribution >= 4 is 9.84 Å². The smallest absolute Gasteiger partial charge is 0.206 e. The van der Waals surface area contributed by atoms with E-state index in [-0.39, 0.29) is 5.41 Å². The van der Waals surface area contributed by atoms with Gasteiger partial charge in [0.25, 0.3) is 0 Å². The highest BCUT2D eigenvalue weighted by atomic mass is 32.2. The van der Waals surface area contributed by atoms with E-state index in [1.54, 1.807) is 43.5 Å². The minimum Gasteiger partial charge on any atom is -0.497 e. The molecule has 32 heavy (non-hydrogen) atoms. The molecule has 0 unspecified atom stereocenters. The van der Waals surface area contributed by atoms with Gasteiger partial charge in [-0.15, -0.1) is 0 Å². The third kappa shape index (κ3) is 4.74. The van der Waals surface area contributed by atoms with Gasteiger partial charge in [0.15, 0.2) is 0 Å². The van der Waals surface area contributed by atoms with E-state index in [0.29, 0.717) is 21.5 Å². The second-order valence-electron chi connectivity index (χ2n) is 10.0. The molecular weight excluding hydrogens is 418 g/mol. The molecule has 1 heterocycles. The molecule has 0 spiro atoms. The summed E-state index contributed by atoms with van der Waals surface area (Å²) >= 11 is 0. The highest BCUT2D eigenvalue weighted by Crippen LogP contribution is 2.40. The number of methoxy groups -OCH3 is 1. The van der Waals surface area contributed by atoms with Gasteiger partial charge >= 0.3 is 0 Å². The summed E-state index contributed by atoms with van der Waals surface area (Å²) in [6, 6.07) is 15.0. The van der Waals surface area contributed by atoms with Crippen LogP contribution in [0, 0.1) is 5.92 Å². The lowest BCUT2D eigenvalue weighted by Crippen LogP contribution is -2.45. The maximum Gasteiger partial charge on any atom is 0.206 e. The van der Waals surface area contributed by atoms with E-state index in [1.165, 1.54) is 63.6 Å². The maximum absolute atomic E-state index is 13.0. The van der Waals surface area contributed by atoms with E-state index < -0.39 is 9.84 Å². The number of sulfone groups is 1. The Labute approximate surface area is 193 Å². The number of likely N-dealkylation sites (tertiary alicyclic amines) is 1. The Morgan fingerprint density at radius 1 is 0.812 bits per heavy atom. The van der Waals surface area contributed by atoms with Crippen molar-refractivity contribution in [2.24, 2.45) is 5.92 Å². The van der Waals surface area contributed by atoms with Crippen LogP contribution < -0.4 is 4.74 Å². The summed E-state index contributed by atoms with van der Waals surface area (Å²) in [7, 11) is -1.96. The van der Waals surface area contributed by atoms with Gasteiger partial charge in [-0.05, 0) is 92.1 Å². The van der Waals surface area contributed by atoms with Crippen molar-refractivity contribution in [3.63, 3.8) is 0 Å². The van der Waals surface area contributed by atoms with E-state index in [4.69, 9.17) is 4.74 Å². The molecule has 4 nitrogen and oxygen atoms in total. The van der Waals surface area contributed by atoms with Crippen LogP contribution >= 0.6 is 0 Å². The molecular formula is C27H37NO3S. The van der Waals surface area contributed by atoms with Gasteiger partial charge in [-0.1, -0.05) is 45.2 Å². The fourth-order valence-corrected chi connectivity index (χ4v) is 6.88. The second-order valence-corrected chi connectivity index (χ2v) is 12.0. The fraction of sp³-hybridized carbons (Fsp3) is 0.556. The van der Waals surface area contributed by atoms with Crippen LogP contribution in [-0.2, 0) is 15.3 Å². The third-order valence-corrected chi connectivity index (χ3v) is 9.71. The molecule has 174 valence electrons. The van der Waals surface area contributed by atoms with Gasteiger partial charge in [0.2, 0.25) is 9.84 Å². The molecule has 1 saturated carbocycles. The summed E-state index contributed by atoms with van der Waals surface area (Å²) in [5.74, 6) is 1.27. The third-order valence-electron chi connectivity index (χ3n) is 7.92. The Morgan fingerprint density at radius 2 is 1.34 bits per heavy atom. The Hall–Kier alpha value is -1.85. The van der Waals surface area contributed by atoms with Crippen LogP contribution in [0.3, 0.4) is 0 Å². The lowest BCUT2D eigenvalue weighted by Gasteiger charge is -2.44. The summed E-state index contributed by atoms with van der Waals surface area (Å²) in [6.07, 6.45) is 9.37. The Kier molecular flexibility index (Phi) is 6.97. The quantitative estimate of drug-likeness (QED) is 0.548. The van der Waals surface area contributed by atoms with Gasteiger partial charge in [-0.3, -0.25) is 0 Å². The molecule has 0 radical (unpaired) electrons. The number of rotatable bonds is 6. The molecule has 1 aliphatic carbocycles. The molecule has 0 amide bonds. The van der Waals surface area contributed by atoms with Crippen molar-refractivity contribution in [3.8, 4) is 5.75 Å². The van der Waals surface area contributed by atoms with E-state index in [1.807, 2.05) is 12.1 Å². The second kappa shape index (κ2) is 9.56. The van der Waals surface area contributed by atoms with Gasteiger partial charge in [0.1, 0.15) is 5.75 Å². The van der Waals surface area contributed by atoms with E-state index in [9.17, 15) is 8.42 Å². The molecule has 1 aliphatic heterocycles. The van der Waals surface area contributed by atoms with Crippen LogP contribution in [0.25, 0.3) is 0 Å². The van der Waals surface area contributed by atoms with Crippen LogP contribution in [-0.4, -0.2) is 39.6 Å². The van der Waals surface area contributed by atoms with Crippen LogP contribution in [0.15, 0.2) is 58.3 Å². The average molecular weight is 456 g/mol. The average Bonchev–Trinajstić information content (AvgIpc) is 2.85. The van der Waals surface area contributed by atoms with Crippen LogP contribution in [0.5, 0.6) is 5.75 Å². The van der Waals surface area contributed by atoms with Crippen molar-refractivity contribution in [3.05, 3.63) is 54.1 Å². The van der Waals surface area contributed by atoms with Gasteiger partial charge in [0, 0.05) is 6.04 Å². The number of piperidine rings is 1. The maximum atomic E-state index is 13.0. The summed E-state index contributed by atoms with van der Waals surface area (Å²) in [4.78, 5) is 3.37. The number of hydrogen-bond donors (Lipinski definition) is 0. The first-order valence-corrected chi connectivity index (χ1v) is 13.5. The molecule has 2 fully saturated rings. The number of ether oxygens (including phenoxy) is 1. The van der Waals surface area contributed by atoms with Crippen LogP contribution in [0.2, 0.25) is 0 Å². The van der Waals surface area contributed by atoms with Gasteiger partial charge in [-0.25, -0.2) is 8.42 Å². The minimum atomic E-state index is -3.53. The van der Waals surface area contributed by atoms with Crippen molar-refractivity contribution in [1.29, 1.82) is 0 Å². The normalized spacial score (nSPS) is 19.7. The zero-order chi connectivity index (χ0) is 22.8. The lowest BCUT2D eigenvalue weighted by atomic mass is 9.69. The zero-order valence-corrected chi connectivity index (χ0v) is 20.5. The van der Waals surface area contributed by atoms with E-state index in [0.717, 1.165) is 6.04 Å². The van der Waals surface area contributed by atoms with Gasteiger partial charge in [0.05, 0.1) is 16.9 Å². The number of nitrogens with zero attached hydrogens (tertiary/aromatic N) is 1. The SMILES string of the molecule is COc1ccc(S(=O)(=O)c2ccc(C(C)(C)C3CCN(C4CCCCC4)CC3)cc2)cc1. The van der Waals surface area contributed by atoms with E-state index >= 15 is 0 Å². The highest BCUT2D eigenvalue weighted by Gasteiger charge is 2.35. The minimum absolute atomic E-state index is 0.0288. The summed E-state index contributed by atoms with van der Waals surface area (Å²) in [5, 5.41) is 0. The van der Waals surface area contributed by atoms with Crippen LogP contribution in [0.4, 0.5) is 0 Å². The molecule has 2 aromatic carbocycles. The molecule has 0 aromatic heterocycles. The van der Waals surface area contributed by atoms with Crippen molar-refractivity contribution in [2.45, 2.75) is 80.0 Å². The Morgan fingerprint density at radius 3 is 1.88 bits per heavy atom. The van der Waals surface area contributed by atoms with Gasteiger partial charge < -0.3 is 9.64 Å². The van der Waals surface area contributed by atoms with E-state index in [2.05, 4.69) is 18.7 Å². The summed E-state index contributed by atoms with van der Waals surface area (Å²) in [5.41, 5.74) is 1.25. The highest BCUT2D eigenvalue weighted by molar-refractivity contribution is 7.91. The Balaban J connectivity index is 1.44. The number of benzene rings is 2. The summed E-state index contributed by atoms with van der Waals surface area (Å²) in [6.45, 7) is 7.03. The predicted octanol–water partition coefficient (Wildman–Crippen LogP) is 5.85. The Bertz CT molecular complexity index is 982. The first-order chi connectivity index (χ1) is 15.3. The molecule has 0 atom stereocenters. The topological polar surface area (TPSA) is 46.6 Å². The molecule has 5 heteroatoms. The molecule has 0 N–H and O–H groups in total. The first kappa shape index (κ1) is 23.3. The first-order valence-electron chi connectivity index (χ1n) is 12.1. The predicted molar refractivity (Wildman–Crippen MR) is 129 cm³/mol. The van der Waals surface area contributed by atoms with Crippen molar-refractivity contribution < 1.29 is 13.2 Å². The standard InChI is InChI=1S/C27H37NO3S/c1-27(2,22-17-19-28(20-18-22)23-7-5-4-6-8-23)21-9-13-25(14-10-21)32(29,30)26-15-11-24(31-3)12-16-26/h9-16,22-23H,4-8,17-20H2,1-3H3. The van der Waals surface area contributed by atoms with Crippen molar-refractivity contribution in [1.82, 2.24) is 4.90 Å². The zero-order valence-electron chi connectivity index (χ0n) is 19.7. The van der Waals surface area contributed by atoms with Gasteiger partial charge in [-0.2, -0.15) is 0 Å². The van der Waals surface area contributed by atoms with Crippen molar-refractivity contribution in [2.75, 3.05) is 20.2 Å². The fourth-order valence-electron chi connectivity index (χ4n) is 5.62. The number of hydrogen-bond acceptors (Lipinski definition) is 4. The summed E-state index contributed by atoms with van der Waals surface area (Å²) < 4.78 is 31.2. The molecule has 4 rings (SSSR count).